The molecular weight excluding hydrogens is 348 g/mol. The molecule has 7 heteroatoms. The Kier molecular flexibility index (Phi) is 6.79. The first-order valence-electron chi connectivity index (χ1n) is 9.78. The van der Waals surface area contributed by atoms with Crippen molar-refractivity contribution in [2.75, 3.05) is 38.3 Å². The van der Waals surface area contributed by atoms with Gasteiger partial charge in [-0.05, 0) is 31.4 Å². The molecule has 0 spiro atoms. The highest BCUT2D eigenvalue weighted by Gasteiger charge is 2.37. The molecule has 0 radical (unpaired) electrons. The van der Waals surface area contributed by atoms with Crippen LogP contribution in [-0.2, 0) is 9.47 Å². The fourth-order valence-electron chi connectivity index (χ4n) is 3.68. The Bertz CT molecular complexity index is 633. The minimum atomic E-state index is -0.225. The van der Waals surface area contributed by atoms with E-state index in [0.717, 1.165) is 25.7 Å². The van der Waals surface area contributed by atoms with E-state index in [1.54, 1.807) is 12.1 Å². The van der Waals surface area contributed by atoms with Crippen molar-refractivity contribution >= 4 is 11.7 Å². The van der Waals surface area contributed by atoms with Crippen molar-refractivity contribution in [3.8, 4) is 11.5 Å². The molecule has 1 atom stereocenters. The molecule has 0 aliphatic carbocycles. The standard InChI is InChI=1S/C20H30N2O5/c1-3-7-20(2,18-26-12-13-27-18)8-4-9-21-19(23)22-15-5-6-16-17(14-15)25-11-10-24-16/h5-6,14,18H,3-4,7-13H2,1-2H3,(H2,21,22,23). The zero-order valence-corrected chi connectivity index (χ0v) is 16.2. The number of amides is 2. The van der Waals surface area contributed by atoms with Gasteiger partial charge in [0.25, 0.3) is 0 Å². The van der Waals surface area contributed by atoms with Crippen LogP contribution in [-0.4, -0.2) is 45.3 Å². The molecule has 1 saturated heterocycles. The van der Waals surface area contributed by atoms with Gasteiger partial charge in [-0.2, -0.15) is 0 Å². The molecule has 3 rings (SSSR count). The number of nitrogens with one attached hydrogen (secondary N) is 2. The summed E-state index contributed by atoms with van der Waals surface area (Å²) in [7, 11) is 0. The van der Waals surface area contributed by atoms with Gasteiger partial charge in [0.15, 0.2) is 17.8 Å². The smallest absolute Gasteiger partial charge is 0.319 e. The van der Waals surface area contributed by atoms with Crippen LogP contribution in [0.25, 0.3) is 0 Å². The second-order valence-electron chi connectivity index (χ2n) is 7.32. The summed E-state index contributed by atoms with van der Waals surface area (Å²) in [4.78, 5) is 12.1. The van der Waals surface area contributed by atoms with E-state index in [0.29, 0.717) is 50.2 Å². The highest BCUT2D eigenvalue weighted by atomic mass is 16.7. The number of benzene rings is 1. The number of rotatable bonds is 8. The van der Waals surface area contributed by atoms with E-state index in [2.05, 4.69) is 24.5 Å². The summed E-state index contributed by atoms with van der Waals surface area (Å²) < 4.78 is 22.5. The lowest BCUT2D eigenvalue weighted by Crippen LogP contribution is -2.35. The van der Waals surface area contributed by atoms with Crippen LogP contribution in [0.15, 0.2) is 18.2 Å². The SMILES string of the molecule is CCCC(C)(CCCNC(=O)Nc1ccc2c(c1)OCCO2)C1OCCO1. The van der Waals surface area contributed by atoms with Crippen LogP contribution in [0.3, 0.4) is 0 Å². The lowest BCUT2D eigenvalue weighted by atomic mass is 9.80. The van der Waals surface area contributed by atoms with Gasteiger partial charge in [0, 0.05) is 23.7 Å². The van der Waals surface area contributed by atoms with Gasteiger partial charge in [0.1, 0.15) is 13.2 Å². The van der Waals surface area contributed by atoms with Crippen molar-refractivity contribution in [1.29, 1.82) is 0 Å². The Balaban J connectivity index is 1.42. The number of carbonyl (C=O) groups excluding carboxylic acids is 1. The molecule has 27 heavy (non-hydrogen) atoms. The minimum Gasteiger partial charge on any atom is -0.486 e. The maximum absolute atomic E-state index is 12.1. The number of urea groups is 1. The lowest BCUT2D eigenvalue weighted by molar-refractivity contribution is -0.133. The van der Waals surface area contributed by atoms with E-state index in [9.17, 15) is 4.79 Å². The summed E-state index contributed by atoms with van der Waals surface area (Å²) in [6.45, 7) is 7.39. The third kappa shape index (κ3) is 5.26. The molecule has 2 aliphatic rings. The summed E-state index contributed by atoms with van der Waals surface area (Å²) in [5, 5.41) is 5.75. The Morgan fingerprint density at radius 1 is 1.11 bits per heavy atom. The van der Waals surface area contributed by atoms with Crippen molar-refractivity contribution in [2.24, 2.45) is 5.41 Å². The van der Waals surface area contributed by atoms with Gasteiger partial charge in [0.2, 0.25) is 0 Å². The van der Waals surface area contributed by atoms with Gasteiger partial charge in [-0.3, -0.25) is 0 Å². The molecule has 0 saturated carbocycles. The molecule has 2 N–H and O–H groups in total. The number of hydrogen-bond acceptors (Lipinski definition) is 5. The van der Waals surface area contributed by atoms with Gasteiger partial charge >= 0.3 is 6.03 Å². The van der Waals surface area contributed by atoms with Crippen LogP contribution < -0.4 is 20.1 Å². The second-order valence-corrected chi connectivity index (χ2v) is 7.32. The van der Waals surface area contributed by atoms with Crippen LogP contribution in [0, 0.1) is 5.41 Å². The minimum absolute atomic E-state index is 0.0146. The zero-order chi connectivity index (χ0) is 19.1. The predicted octanol–water partition coefficient (Wildman–Crippen LogP) is 3.54. The topological polar surface area (TPSA) is 78.1 Å². The van der Waals surface area contributed by atoms with Gasteiger partial charge in [-0.15, -0.1) is 0 Å². The number of ether oxygens (including phenoxy) is 4. The van der Waals surface area contributed by atoms with E-state index in [-0.39, 0.29) is 17.7 Å². The van der Waals surface area contributed by atoms with Crippen molar-refractivity contribution < 1.29 is 23.7 Å². The second kappa shape index (κ2) is 9.28. The molecule has 2 aliphatic heterocycles. The van der Waals surface area contributed by atoms with E-state index in [1.807, 2.05) is 6.07 Å². The first-order chi connectivity index (χ1) is 13.1. The number of anilines is 1. The summed E-state index contributed by atoms with van der Waals surface area (Å²) in [5.41, 5.74) is 0.666. The van der Waals surface area contributed by atoms with Gasteiger partial charge < -0.3 is 29.6 Å². The molecular formula is C20H30N2O5. The molecule has 1 fully saturated rings. The first kappa shape index (κ1) is 19.8. The molecule has 0 bridgehead atoms. The third-order valence-corrected chi connectivity index (χ3v) is 5.02. The molecule has 2 heterocycles. The Labute approximate surface area is 160 Å². The highest BCUT2D eigenvalue weighted by molar-refractivity contribution is 5.89. The zero-order valence-electron chi connectivity index (χ0n) is 16.2. The van der Waals surface area contributed by atoms with E-state index < -0.39 is 0 Å². The summed E-state index contributed by atoms with van der Waals surface area (Å²) in [5.74, 6) is 1.37. The number of hydrogen-bond donors (Lipinski definition) is 2. The monoisotopic (exact) mass is 378 g/mol. The first-order valence-corrected chi connectivity index (χ1v) is 9.78. The predicted molar refractivity (Wildman–Crippen MR) is 102 cm³/mol. The maximum Gasteiger partial charge on any atom is 0.319 e. The normalized spacial score (nSPS) is 18.7. The van der Waals surface area contributed by atoms with Crippen molar-refractivity contribution in [2.45, 2.75) is 45.8 Å². The largest absolute Gasteiger partial charge is 0.486 e. The summed E-state index contributed by atoms with van der Waals surface area (Å²) in [6.07, 6.45) is 3.80. The van der Waals surface area contributed by atoms with E-state index >= 15 is 0 Å². The quantitative estimate of drug-likeness (QED) is 0.677. The number of carbonyl (C=O) groups is 1. The van der Waals surface area contributed by atoms with Gasteiger partial charge in [0.05, 0.1) is 13.2 Å². The van der Waals surface area contributed by atoms with Crippen molar-refractivity contribution in [3.05, 3.63) is 18.2 Å². The van der Waals surface area contributed by atoms with Crippen LogP contribution in [0.1, 0.15) is 39.5 Å². The molecule has 0 aromatic heterocycles. The van der Waals surface area contributed by atoms with Gasteiger partial charge in [-0.25, -0.2) is 4.79 Å². The fourth-order valence-corrected chi connectivity index (χ4v) is 3.68. The molecule has 150 valence electrons. The van der Waals surface area contributed by atoms with Crippen molar-refractivity contribution in [3.63, 3.8) is 0 Å². The molecule has 1 aromatic rings. The summed E-state index contributed by atoms with van der Waals surface area (Å²) in [6, 6.07) is 5.17. The Morgan fingerprint density at radius 3 is 2.59 bits per heavy atom. The summed E-state index contributed by atoms with van der Waals surface area (Å²) >= 11 is 0. The highest BCUT2D eigenvalue weighted by Crippen LogP contribution is 2.37. The number of fused-ring (bicyclic) bond motifs is 1. The average molecular weight is 378 g/mol. The fraction of sp³-hybridized carbons (Fsp3) is 0.650. The Morgan fingerprint density at radius 2 is 1.85 bits per heavy atom. The lowest BCUT2D eigenvalue weighted by Gasteiger charge is -2.34. The van der Waals surface area contributed by atoms with Crippen LogP contribution in [0.5, 0.6) is 11.5 Å². The van der Waals surface area contributed by atoms with Gasteiger partial charge in [-0.1, -0.05) is 20.3 Å². The molecule has 1 aromatic carbocycles. The average Bonchev–Trinajstić information content (AvgIpc) is 3.21. The third-order valence-electron chi connectivity index (χ3n) is 5.02. The van der Waals surface area contributed by atoms with E-state index in [4.69, 9.17) is 18.9 Å². The van der Waals surface area contributed by atoms with Crippen LogP contribution >= 0.6 is 0 Å². The Hall–Kier alpha value is -1.99. The van der Waals surface area contributed by atoms with E-state index in [1.165, 1.54) is 0 Å². The molecule has 2 amide bonds. The maximum atomic E-state index is 12.1. The molecule has 1 unspecified atom stereocenters. The van der Waals surface area contributed by atoms with Crippen molar-refractivity contribution in [1.82, 2.24) is 5.32 Å². The van der Waals surface area contributed by atoms with Crippen LogP contribution in [0.4, 0.5) is 10.5 Å². The van der Waals surface area contributed by atoms with Crippen LogP contribution in [0.2, 0.25) is 0 Å². The molecule has 7 nitrogen and oxygen atoms in total.